The maximum atomic E-state index is 8.96. The zero-order chi connectivity index (χ0) is 12.8. The largest absolute Gasteiger partial charge is 0.488 e. The molecule has 4 nitrogen and oxygen atoms in total. The summed E-state index contributed by atoms with van der Waals surface area (Å²) in [4.78, 5) is 5.11. The average Bonchev–Trinajstić information content (AvgIpc) is 2.91. The Labute approximate surface area is 113 Å². The molecule has 4 aliphatic heterocycles. The zero-order valence-electron chi connectivity index (χ0n) is 10.9. The van der Waals surface area contributed by atoms with Crippen LogP contribution < -0.4 is 4.74 Å². The van der Waals surface area contributed by atoms with Gasteiger partial charge in [0.1, 0.15) is 11.9 Å². The Morgan fingerprint density at radius 3 is 2.74 bits per heavy atom. The molecule has 0 aliphatic carbocycles. The summed E-state index contributed by atoms with van der Waals surface area (Å²) in [5.74, 6) is 0.974. The molecule has 1 aromatic carbocycles. The van der Waals surface area contributed by atoms with E-state index >= 15 is 0 Å². The van der Waals surface area contributed by atoms with Crippen molar-refractivity contribution >= 4 is 0 Å². The van der Waals surface area contributed by atoms with Gasteiger partial charge in [0.25, 0.3) is 0 Å². The molecule has 1 aromatic rings. The number of hydrogen-bond donors (Lipinski definition) is 0. The van der Waals surface area contributed by atoms with E-state index in [1.54, 1.807) is 0 Å². The molecule has 3 fully saturated rings. The summed E-state index contributed by atoms with van der Waals surface area (Å²) in [5, 5.41) is 8.96. The standard InChI is InChI=1S/C15H17N3O/c16-9-11-1-2-14-12(7-11)8-15(19-14)13-10-17-3-5-18(13)6-4-17/h1-2,7,13,15H,3-6,8,10H2. The van der Waals surface area contributed by atoms with Crippen LogP contribution >= 0.6 is 0 Å². The van der Waals surface area contributed by atoms with Gasteiger partial charge in [-0.25, -0.2) is 0 Å². The van der Waals surface area contributed by atoms with Crippen molar-refractivity contribution in [3.63, 3.8) is 0 Å². The number of hydrogen-bond acceptors (Lipinski definition) is 4. The van der Waals surface area contributed by atoms with Crippen LogP contribution in [0.4, 0.5) is 0 Å². The number of nitriles is 1. The maximum Gasteiger partial charge on any atom is 0.123 e. The molecule has 0 spiro atoms. The Kier molecular flexibility index (Phi) is 2.51. The van der Waals surface area contributed by atoms with Gasteiger partial charge in [0.05, 0.1) is 17.7 Å². The number of benzene rings is 1. The molecule has 5 rings (SSSR count). The van der Waals surface area contributed by atoms with E-state index in [-0.39, 0.29) is 6.10 Å². The molecule has 0 saturated carbocycles. The summed E-state index contributed by atoms with van der Waals surface area (Å²) in [6, 6.07) is 8.49. The Bertz CT molecular complexity index is 543. The Morgan fingerprint density at radius 2 is 2.05 bits per heavy atom. The van der Waals surface area contributed by atoms with Crippen molar-refractivity contribution in [2.45, 2.75) is 18.6 Å². The number of piperazine rings is 3. The van der Waals surface area contributed by atoms with Crippen LogP contribution in [0.3, 0.4) is 0 Å². The van der Waals surface area contributed by atoms with E-state index in [4.69, 9.17) is 10.00 Å². The second-order valence-electron chi connectivity index (χ2n) is 5.70. The fourth-order valence-corrected chi connectivity index (χ4v) is 3.57. The fourth-order valence-electron chi connectivity index (χ4n) is 3.57. The molecule has 3 saturated heterocycles. The first-order valence-electron chi connectivity index (χ1n) is 6.99. The quantitative estimate of drug-likeness (QED) is 0.746. The number of nitrogens with zero attached hydrogens (tertiary/aromatic N) is 3. The Hall–Kier alpha value is -1.57. The predicted octanol–water partition coefficient (Wildman–Crippen LogP) is 0.862. The van der Waals surface area contributed by atoms with Crippen molar-refractivity contribution in [2.24, 2.45) is 0 Å². The van der Waals surface area contributed by atoms with Gasteiger partial charge < -0.3 is 4.74 Å². The fraction of sp³-hybridized carbons (Fsp3) is 0.533. The molecule has 19 heavy (non-hydrogen) atoms. The van der Waals surface area contributed by atoms with E-state index in [9.17, 15) is 0 Å². The third kappa shape index (κ3) is 1.81. The Morgan fingerprint density at radius 1 is 1.21 bits per heavy atom. The molecule has 2 bridgehead atoms. The monoisotopic (exact) mass is 255 g/mol. The smallest absolute Gasteiger partial charge is 0.123 e. The molecule has 4 heteroatoms. The summed E-state index contributed by atoms with van der Waals surface area (Å²) >= 11 is 0. The van der Waals surface area contributed by atoms with Crippen LogP contribution in [0.1, 0.15) is 11.1 Å². The van der Waals surface area contributed by atoms with Crippen molar-refractivity contribution in [1.29, 1.82) is 5.26 Å². The minimum Gasteiger partial charge on any atom is -0.488 e. The highest BCUT2D eigenvalue weighted by molar-refractivity contribution is 5.44. The third-order valence-corrected chi connectivity index (χ3v) is 4.64. The van der Waals surface area contributed by atoms with Gasteiger partial charge in [0.15, 0.2) is 0 Å². The van der Waals surface area contributed by atoms with Crippen LogP contribution in [0.15, 0.2) is 18.2 Å². The lowest BCUT2D eigenvalue weighted by atomic mass is 9.98. The number of fused-ring (bicyclic) bond motifs is 4. The van der Waals surface area contributed by atoms with Crippen LogP contribution in [-0.4, -0.2) is 54.7 Å². The second kappa shape index (κ2) is 4.22. The van der Waals surface area contributed by atoms with Crippen LogP contribution in [0.25, 0.3) is 0 Å². The van der Waals surface area contributed by atoms with Crippen molar-refractivity contribution in [1.82, 2.24) is 9.80 Å². The van der Waals surface area contributed by atoms with Gasteiger partial charge >= 0.3 is 0 Å². The van der Waals surface area contributed by atoms with Crippen LogP contribution in [0, 0.1) is 11.3 Å². The number of rotatable bonds is 1. The molecule has 98 valence electrons. The van der Waals surface area contributed by atoms with E-state index in [1.807, 2.05) is 18.2 Å². The minimum absolute atomic E-state index is 0.257. The zero-order valence-corrected chi connectivity index (χ0v) is 10.9. The van der Waals surface area contributed by atoms with Crippen LogP contribution in [0.2, 0.25) is 0 Å². The van der Waals surface area contributed by atoms with E-state index in [1.165, 1.54) is 31.7 Å². The summed E-state index contributed by atoms with van der Waals surface area (Å²) in [5.41, 5.74) is 1.93. The summed E-state index contributed by atoms with van der Waals surface area (Å²) in [7, 11) is 0. The first-order valence-corrected chi connectivity index (χ1v) is 6.99. The van der Waals surface area contributed by atoms with Crippen LogP contribution in [-0.2, 0) is 6.42 Å². The molecule has 0 amide bonds. The Balaban J connectivity index is 1.55. The van der Waals surface area contributed by atoms with Gasteiger partial charge in [0, 0.05) is 39.1 Å². The molecule has 4 aliphatic rings. The lowest BCUT2D eigenvalue weighted by molar-refractivity contribution is -0.0315. The lowest BCUT2D eigenvalue weighted by Gasteiger charge is -2.49. The maximum absolute atomic E-state index is 8.96. The van der Waals surface area contributed by atoms with Gasteiger partial charge in [-0.2, -0.15) is 5.26 Å². The highest BCUT2D eigenvalue weighted by atomic mass is 16.5. The molecule has 0 N–H and O–H groups in total. The average molecular weight is 255 g/mol. The highest BCUT2D eigenvalue weighted by Gasteiger charge is 2.40. The van der Waals surface area contributed by atoms with Crippen molar-refractivity contribution in [2.75, 3.05) is 32.7 Å². The first-order chi connectivity index (χ1) is 9.33. The lowest BCUT2D eigenvalue weighted by Crippen LogP contribution is -2.64. The van der Waals surface area contributed by atoms with Gasteiger partial charge in [-0.15, -0.1) is 0 Å². The molecular weight excluding hydrogens is 238 g/mol. The third-order valence-electron chi connectivity index (χ3n) is 4.64. The first kappa shape index (κ1) is 11.3. The molecule has 4 heterocycles. The van der Waals surface area contributed by atoms with E-state index < -0.39 is 0 Å². The van der Waals surface area contributed by atoms with Crippen molar-refractivity contribution in [3.8, 4) is 11.8 Å². The SMILES string of the molecule is N#Cc1ccc2c(c1)CC(C1CN3CCN1CC3)O2. The normalized spacial score (nSPS) is 35.5. The predicted molar refractivity (Wildman–Crippen MR) is 71.1 cm³/mol. The molecule has 0 radical (unpaired) electrons. The number of ether oxygens (including phenoxy) is 1. The summed E-state index contributed by atoms with van der Waals surface area (Å²) in [6.45, 7) is 5.88. The second-order valence-corrected chi connectivity index (χ2v) is 5.70. The van der Waals surface area contributed by atoms with Crippen LogP contribution in [0.5, 0.6) is 5.75 Å². The van der Waals surface area contributed by atoms with E-state index in [0.717, 1.165) is 24.3 Å². The van der Waals surface area contributed by atoms with Gasteiger partial charge in [-0.1, -0.05) is 0 Å². The summed E-state index contributed by atoms with van der Waals surface area (Å²) in [6.07, 6.45) is 1.20. The van der Waals surface area contributed by atoms with Gasteiger partial charge in [-0.05, 0) is 23.8 Å². The van der Waals surface area contributed by atoms with Crippen molar-refractivity contribution in [3.05, 3.63) is 29.3 Å². The molecule has 2 atom stereocenters. The van der Waals surface area contributed by atoms with E-state index in [0.29, 0.717) is 6.04 Å². The molecular formula is C15H17N3O. The minimum atomic E-state index is 0.257. The summed E-state index contributed by atoms with van der Waals surface area (Å²) < 4.78 is 6.12. The van der Waals surface area contributed by atoms with Gasteiger partial charge in [0.2, 0.25) is 0 Å². The topological polar surface area (TPSA) is 39.5 Å². The molecule has 0 aromatic heterocycles. The van der Waals surface area contributed by atoms with E-state index in [2.05, 4.69) is 15.9 Å². The van der Waals surface area contributed by atoms with Crippen molar-refractivity contribution < 1.29 is 4.74 Å². The van der Waals surface area contributed by atoms with Gasteiger partial charge in [-0.3, -0.25) is 9.80 Å². The molecule has 2 unspecified atom stereocenters. The highest BCUT2D eigenvalue weighted by Crippen LogP contribution is 2.33.